The molecule has 0 aliphatic carbocycles. The van der Waals surface area contributed by atoms with Crippen LogP contribution in [0.2, 0.25) is 0 Å². The van der Waals surface area contributed by atoms with Crippen molar-refractivity contribution in [2.24, 2.45) is 10.9 Å². The molecule has 2 aliphatic heterocycles. The Morgan fingerprint density at radius 2 is 1.77 bits per heavy atom. The van der Waals surface area contributed by atoms with E-state index in [0.29, 0.717) is 38.5 Å². The Morgan fingerprint density at radius 3 is 2.23 bits per heavy atom. The lowest BCUT2D eigenvalue weighted by atomic mass is 9.99. The van der Waals surface area contributed by atoms with Gasteiger partial charge in [0, 0.05) is 65.8 Å². The third-order valence-corrected chi connectivity index (χ3v) is 7.39. The first-order valence-corrected chi connectivity index (χ1v) is 11.1. The summed E-state index contributed by atoms with van der Waals surface area (Å²) in [5.41, 5.74) is 0. The van der Waals surface area contributed by atoms with E-state index in [9.17, 15) is 8.42 Å². The van der Waals surface area contributed by atoms with Crippen molar-refractivity contribution in [2.45, 2.75) is 31.4 Å². The van der Waals surface area contributed by atoms with Gasteiger partial charge in [0.05, 0.1) is 4.75 Å². The van der Waals surface area contributed by atoms with Crippen LogP contribution >= 0.6 is 24.0 Å². The lowest BCUT2D eigenvalue weighted by molar-refractivity contribution is 0.0753. The number of hydrogen-bond acceptors (Lipinski definition) is 5. The highest BCUT2D eigenvalue weighted by Crippen LogP contribution is 2.28. The van der Waals surface area contributed by atoms with E-state index in [1.165, 1.54) is 6.26 Å². The number of aliphatic imine (C=N–C) groups is 1. The SMILES string of the molecule is CN=C(NCC1(S(C)(=O)=O)CCOCC1)N1CCN(CC(C)C)CC1.I. The van der Waals surface area contributed by atoms with Crippen LogP contribution in [0.4, 0.5) is 0 Å². The smallest absolute Gasteiger partial charge is 0.193 e. The molecule has 0 spiro atoms. The van der Waals surface area contributed by atoms with Gasteiger partial charge < -0.3 is 15.0 Å². The molecule has 0 saturated carbocycles. The quantitative estimate of drug-likeness (QED) is 0.344. The topological polar surface area (TPSA) is 74.2 Å². The van der Waals surface area contributed by atoms with Crippen molar-refractivity contribution in [3.8, 4) is 0 Å². The van der Waals surface area contributed by atoms with Crippen LogP contribution in [0.3, 0.4) is 0 Å². The van der Waals surface area contributed by atoms with E-state index in [4.69, 9.17) is 4.74 Å². The molecule has 2 aliphatic rings. The minimum Gasteiger partial charge on any atom is -0.381 e. The molecule has 0 aromatic rings. The first-order chi connectivity index (χ1) is 11.8. The minimum atomic E-state index is -3.17. The van der Waals surface area contributed by atoms with Crippen LogP contribution in [0.1, 0.15) is 26.7 Å². The summed E-state index contributed by atoms with van der Waals surface area (Å²) in [6.45, 7) is 10.9. The van der Waals surface area contributed by atoms with Crippen LogP contribution in [0.25, 0.3) is 0 Å². The van der Waals surface area contributed by atoms with Gasteiger partial charge in [0.25, 0.3) is 0 Å². The number of halogens is 1. The van der Waals surface area contributed by atoms with Crippen molar-refractivity contribution < 1.29 is 13.2 Å². The van der Waals surface area contributed by atoms with Gasteiger partial charge in [0.2, 0.25) is 0 Å². The number of piperazine rings is 1. The Kier molecular flexibility index (Phi) is 9.59. The van der Waals surface area contributed by atoms with Gasteiger partial charge in [0.1, 0.15) is 0 Å². The van der Waals surface area contributed by atoms with Crippen molar-refractivity contribution in [2.75, 3.05) is 65.8 Å². The summed E-state index contributed by atoms with van der Waals surface area (Å²) >= 11 is 0. The standard InChI is InChI=1S/C17H34N4O3S.HI/c1-15(2)13-20-7-9-21(10-8-20)16(18-3)19-14-17(25(4,22)23)5-11-24-12-6-17;/h15H,5-14H2,1-4H3,(H,18,19);1H. The molecule has 1 N–H and O–H groups in total. The zero-order valence-electron chi connectivity index (χ0n) is 16.5. The van der Waals surface area contributed by atoms with Crippen molar-refractivity contribution in [3.05, 3.63) is 0 Å². The summed E-state index contributed by atoms with van der Waals surface area (Å²) in [4.78, 5) is 9.09. The molecule has 0 amide bonds. The third-order valence-electron chi connectivity index (χ3n) is 5.27. The Bertz CT molecular complexity index is 554. The summed E-state index contributed by atoms with van der Waals surface area (Å²) in [6, 6.07) is 0. The maximum Gasteiger partial charge on any atom is 0.193 e. The number of nitrogens with one attached hydrogen (secondary N) is 1. The summed E-state index contributed by atoms with van der Waals surface area (Å²) in [7, 11) is -1.40. The molecule has 2 fully saturated rings. The summed E-state index contributed by atoms with van der Waals surface area (Å²) in [5, 5.41) is 3.33. The molecule has 0 radical (unpaired) electrons. The van der Waals surface area contributed by atoms with Gasteiger partial charge in [-0.3, -0.25) is 9.89 Å². The third kappa shape index (κ3) is 6.20. The van der Waals surface area contributed by atoms with Crippen LogP contribution in [0.5, 0.6) is 0 Å². The van der Waals surface area contributed by atoms with E-state index >= 15 is 0 Å². The fraction of sp³-hybridized carbons (Fsp3) is 0.941. The zero-order valence-corrected chi connectivity index (χ0v) is 19.7. The van der Waals surface area contributed by atoms with Gasteiger partial charge in [-0.05, 0) is 18.8 Å². The summed E-state index contributed by atoms with van der Waals surface area (Å²) in [5.74, 6) is 1.48. The van der Waals surface area contributed by atoms with E-state index < -0.39 is 14.6 Å². The monoisotopic (exact) mass is 502 g/mol. The molecule has 0 aromatic heterocycles. The minimum absolute atomic E-state index is 0. The summed E-state index contributed by atoms with van der Waals surface area (Å²) in [6.07, 6.45) is 2.42. The highest BCUT2D eigenvalue weighted by molar-refractivity contribution is 14.0. The van der Waals surface area contributed by atoms with Crippen molar-refractivity contribution in [1.82, 2.24) is 15.1 Å². The van der Waals surface area contributed by atoms with E-state index in [1.54, 1.807) is 7.05 Å². The second-order valence-corrected chi connectivity index (χ2v) is 10.1. The fourth-order valence-electron chi connectivity index (χ4n) is 3.65. The van der Waals surface area contributed by atoms with Crippen LogP contribution in [0.15, 0.2) is 4.99 Å². The second kappa shape index (κ2) is 10.4. The number of guanidine groups is 1. The molecule has 0 bridgehead atoms. The molecule has 154 valence electrons. The maximum absolute atomic E-state index is 12.4. The van der Waals surface area contributed by atoms with Crippen molar-refractivity contribution >= 4 is 39.8 Å². The Hall–Kier alpha value is -0.130. The molecule has 0 atom stereocenters. The van der Waals surface area contributed by atoms with E-state index in [-0.39, 0.29) is 24.0 Å². The van der Waals surface area contributed by atoms with Gasteiger partial charge in [-0.15, -0.1) is 24.0 Å². The van der Waals surface area contributed by atoms with Crippen LogP contribution in [-0.4, -0.2) is 94.7 Å². The number of ether oxygens (including phenoxy) is 1. The number of sulfone groups is 1. The van der Waals surface area contributed by atoms with Gasteiger partial charge in [-0.2, -0.15) is 0 Å². The average Bonchev–Trinajstić information content (AvgIpc) is 2.56. The van der Waals surface area contributed by atoms with Gasteiger partial charge in [-0.25, -0.2) is 8.42 Å². The normalized spacial score (nSPS) is 22.2. The Labute approximate surface area is 175 Å². The predicted molar refractivity (Wildman–Crippen MR) is 117 cm³/mol. The number of rotatable bonds is 5. The lowest BCUT2D eigenvalue weighted by Gasteiger charge is -2.39. The first-order valence-electron chi connectivity index (χ1n) is 9.23. The molecule has 2 rings (SSSR count). The van der Waals surface area contributed by atoms with Crippen LogP contribution in [0, 0.1) is 5.92 Å². The van der Waals surface area contributed by atoms with E-state index in [2.05, 4.69) is 34.0 Å². The Balaban J connectivity index is 0.00000338. The predicted octanol–water partition coefficient (Wildman–Crippen LogP) is 1.05. The maximum atomic E-state index is 12.4. The van der Waals surface area contributed by atoms with Gasteiger partial charge in [-0.1, -0.05) is 13.8 Å². The molecule has 9 heteroatoms. The lowest BCUT2D eigenvalue weighted by Crippen LogP contribution is -2.57. The van der Waals surface area contributed by atoms with Crippen LogP contribution < -0.4 is 5.32 Å². The molecule has 26 heavy (non-hydrogen) atoms. The fourth-order valence-corrected chi connectivity index (χ4v) is 4.90. The van der Waals surface area contributed by atoms with E-state index in [0.717, 1.165) is 38.7 Å². The van der Waals surface area contributed by atoms with Crippen molar-refractivity contribution in [1.29, 1.82) is 0 Å². The second-order valence-electron chi connectivity index (χ2n) is 7.65. The van der Waals surface area contributed by atoms with Gasteiger partial charge in [0.15, 0.2) is 15.8 Å². The van der Waals surface area contributed by atoms with E-state index in [1.807, 2.05) is 0 Å². The zero-order chi connectivity index (χ0) is 18.5. The molecule has 2 heterocycles. The highest BCUT2D eigenvalue weighted by atomic mass is 127. The highest BCUT2D eigenvalue weighted by Gasteiger charge is 2.42. The molecular formula is C17H35IN4O3S. The largest absolute Gasteiger partial charge is 0.381 e. The first kappa shape index (κ1) is 23.9. The average molecular weight is 502 g/mol. The van der Waals surface area contributed by atoms with Crippen LogP contribution in [-0.2, 0) is 14.6 Å². The molecule has 2 saturated heterocycles. The molecule has 0 aromatic carbocycles. The van der Waals surface area contributed by atoms with Crippen molar-refractivity contribution in [3.63, 3.8) is 0 Å². The number of nitrogens with zero attached hydrogens (tertiary/aromatic N) is 3. The van der Waals surface area contributed by atoms with Gasteiger partial charge >= 0.3 is 0 Å². The molecular weight excluding hydrogens is 467 g/mol. The Morgan fingerprint density at radius 1 is 1.19 bits per heavy atom. The number of hydrogen-bond donors (Lipinski definition) is 1. The molecule has 0 unspecified atom stereocenters. The summed E-state index contributed by atoms with van der Waals surface area (Å²) < 4.78 is 29.4. The molecule has 7 nitrogen and oxygen atoms in total.